The molecule has 6 nitrogen and oxygen atoms in total. The van der Waals surface area contributed by atoms with Gasteiger partial charge in [-0.2, -0.15) is 0 Å². The minimum Gasteiger partial charge on any atom is -0.469 e. The van der Waals surface area contributed by atoms with Crippen LogP contribution in [-0.2, 0) is 20.9 Å². The van der Waals surface area contributed by atoms with Crippen molar-refractivity contribution in [3.05, 3.63) is 53.0 Å². The average Bonchev–Trinajstić information content (AvgIpc) is 3.29. The lowest BCUT2D eigenvalue weighted by Crippen LogP contribution is -2.30. The van der Waals surface area contributed by atoms with E-state index < -0.39 is 0 Å². The number of carbonyl (C=O) groups excluding carboxylic acids is 2. The van der Waals surface area contributed by atoms with Crippen molar-refractivity contribution in [3.8, 4) is 0 Å². The lowest BCUT2D eigenvalue weighted by Gasteiger charge is -2.16. The highest BCUT2D eigenvalue weighted by atomic mass is 32.1. The van der Waals surface area contributed by atoms with Gasteiger partial charge >= 0.3 is 5.97 Å². The molecule has 0 aliphatic heterocycles. The van der Waals surface area contributed by atoms with Crippen LogP contribution in [0.25, 0.3) is 11.0 Å². The van der Waals surface area contributed by atoms with Gasteiger partial charge in [0.2, 0.25) is 5.91 Å². The predicted molar refractivity (Wildman–Crippen MR) is 96.2 cm³/mol. The summed E-state index contributed by atoms with van der Waals surface area (Å²) in [5.41, 5.74) is 1.91. The van der Waals surface area contributed by atoms with Crippen LogP contribution in [0, 0.1) is 0 Å². The summed E-state index contributed by atoms with van der Waals surface area (Å²) in [7, 11) is 1.35. The van der Waals surface area contributed by atoms with Gasteiger partial charge in [0.25, 0.3) is 0 Å². The Morgan fingerprint density at radius 2 is 2.12 bits per heavy atom. The van der Waals surface area contributed by atoms with E-state index in [4.69, 9.17) is 4.74 Å². The summed E-state index contributed by atoms with van der Waals surface area (Å²) in [4.78, 5) is 29.2. The quantitative estimate of drug-likeness (QED) is 0.660. The van der Waals surface area contributed by atoms with E-state index in [0.717, 1.165) is 15.9 Å². The Morgan fingerprint density at radius 1 is 1.28 bits per heavy atom. The number of hydrogen-bond donors (Lipinski definition) is 1. The lowest BCUT2D eigenvalue weighted by atomic mass is 10.1. The number of imidazole rings is 1. The molecule has 0 saturated heterocycles. The second-order valence-electron chi connectivity index (χ2n) is 5.59. The van der Waals surface area contributed by atoms with Crippen LogP contribution in [-0.4, -0.2) is 28.5 Å². The largest absolute Gasteiger partial charge is 0.469 e. The predicted octanol–water partition coefficient (Wildman–Crippen LogP) is 2.91. The van der Waals surface area contributed by atoms with Crippen molar-refractivity contribution in [1.29, 1.82) is 0 Å². The SMILES string of the molecule is COC(=O)CC(NC(=O)CCn1cnc2ccccc21)c1cccs1. The summed E-state index contributed by atoms with van der Waals surface area (Å²) >= 11 is 1.51. The molecule has 25 heavy (non-hydrogen) atoms. The third kappa shape index (κ3) is 4.24. The summed E-state index contributed by atoms with van der Waals surface area (Å²) in [6.45, 7) is 0.529. The third-order valence-corrected chi connectivity index (χ3v) is 4.91. The number of hydrogen-bond acceptors (Lipinski definition) is 5. The highest BCUT2D eigenvalue weighted by Crippen LogP contribution is 2.22. The van der Waals surface area contributed by atoms with E-state index in [1.165, 1.54) is 18.4 Å². The Morgan fingerprint density at radius 3 is 2.88 bits per heavy atom. The topological polar surface area (TPSA) is 73.2 Å². The molecule has 7 heteroatoms. The molecule has 1 unspecified atom stereocenters. The van der Waals surface area contributed by atoms with Gasteiger partial charge in [0, 0.05) is 17.8 Å². The highest BCUT2D eigenvalue weighted by Gasteiger charge is 2.19. The first-order valence-corrected chi connectivity index (χ1v) is 8.85. The maximum atomic E-state index is 12.4. The van der Waals surface area contributed by atoms with Gasteiger partial charge in [-0.3, -0.25) is 9.59 Å². The normalized spacial score (nSPS) is 12.0. The molecule has 2 aromatic heterocycles. The van der Waals surface area contributed by atoms with Crippen molar-refractivity contribution in [2.45, 2.75) is 25.4 Å². The van der Waals surface area contributed by atoms with E-state index in [9.17, 15) is 9.59 Å². The minimum atomic E-state index is -0.362. The fourth-order valence-electron chi connectivity index (χ4n) is 2.64. The standard InChI is InChI=1S/C18H19N3O3S/c1-24-18(23)11-14(16-7-4-10-25-16)20-17(22)8-9-21-12-19-13-5-2-3-6-15(13)21/h2-7,10,12,14H,8-9,11H2,1H3,(H,20,22). The Balaban J connectivity index is 1.62. The summed E-state index contributed by atoms with van der Waals surface area (Å²) in [6, 6.07) is 11.2. The number of nitrogens with zero attached hydrogens (tertiary/aromatic N) is 2. The zero-order valence-electron chi connectivity index (χ0n) is 13.8. The van der Waals surface area contributed by atoms with Gasteiger partial charge < -0.3 is 14.6 Å². The smallest absolute Gasteiger partial charge is 0.307 e. The molecule has 1 N–H and O–H groups in total. The van der Waals surface area contributed by atoms with Gasteiger partial charge in [0.05, 0.1) is 36.9 Å². The first kappa shape index (κ1) is 17.2. The second-order valence-corrected chi connectivity index (χ2v) is 6.57. The molecule has 2 heterocycles. The van der Waals surface area contributed by atoms with Gasteiger partial charge in [-0.25, -0.2) is 4.98 Å². The van der Waals surface area contributed by atoms with Crippen LogP contribution < -0.4 is 5.32 Å². The lowest BCUT2D eigenvalue weighted by molar-refractivity contribution is -0.141. The molecule has 1 atom stereocenters. The number of para-hydroxylation sites is 2. The molecule has 0 saturated carbocycles. The zero-order chi connectivity index (χ0) is 17.6. The zero-order valence-corrected chi connectivity index (χ0v) is 14.7. The van der Waals surface area contributed by atoms with E-state index in [1.54, 1.807) is 6.33 Å². The Hall–Kier alpha value is -2.67. The number of ether oxygens (including phenoxy) is 1. The molecule has 1 amide bonds. The van der Waals surface area contributed by atoms with E-state index in [0.29, 0.717) is 13.0 Å². The average molecular weight is 357 g/mol. The molecular formula is C18H19N3O3S. The van der Waals surface area contributed by atoms with Gasteiger partial charge in [-0.1, -0.05) is 18.2 Å². The number of thiophene rings is 1. The molecule has 1 aromatic carbocycles. The molecule has 3 aromatic rings. The van der Waals surface area contributed by atoms with Crippen molar-refractivity contribution in [3.63, 3.8) is 0 Å². The molecule has 0 spiro atoms. The molecule has 0 aliphatic rings. The number of esters is 1. The minimum absolute atomic E-state index is 0.111. The van der Waals surface area contributed by atoms with Crippen LogP contribution in [0.4, 0.5) is 0 Å². The fourth-order valence-corrected chi connectivity index (χ4v) is 3.42. The molecule has 130 valence electrons. The summed E-state index contributed by atoms with van der Waals surface area (Å²) in [5.74, 6) is -0.459. The number of fused-ring (bicyclic) bond motifs is 1. The molecule has 0 radical (unpaired) electrons. The number of benzene rings is 1. The van der Waals surface area contributed by atoms with Gasteiger partial charge in [0.15, 0.2) is 0 Å². The fraction of sp³-hybridized carbons (Fsp3) is 0.278. The van der Waals surface area contributed by atoms with Crippen LogP contribution in [0.3, 0.4) is 0 Å². The van der Waals surface area contributed by atoms with Crippen LogP contribution in [0.1, 0.15) is 23.8 Å². The van der Waals surface area contributed by atoms with Crippen molar-refractivity contribution >= 4 is 34.2 Å². The van der Waals surface area contributed by atoms with Gasteiger partial charge in [-0.15, -0.1) is 11.3 Å². The van der Waals surface area contributed by atoms with E-state index >= 15 is 0 Å². The maximum absolute atomic E-state index is 12.4. The summed E-state index contributed by atoms with van der Waals surface area (Å²) in [5, 5.41) is 4.85. The summed E-state index contributed by atoms with van der Waals surface area (Å²) < 4.78 is 6.68. The van der Waals surface area contributed by atoms with Crippen LogP contribution in [0.2, 0.25) is 0 Å². The van der Waals surface area contributed by atoms with Crippen LogP contribution >= 0.6 is 11.3 Å². The van der Waals surface area contributed by atoms with Crippen LogP contribution in [0.15, 0.2) is 48.1 Å². The van der Waals surface area contributed by atoms with Crippen molar-refractivity contribution in [1.82, 2.24) is 14.9 Å². The van der Waals surface area contributed by atoms with Crippen LogP contribution in [0.5, 0.6) is 0 Å². The van der Waals surface area contributed by atoms with Crippen molar-refractivity contribution < 1.29 is 14.3 Å². The molecule has 3 rings (SSSR count). The first-order chi connectivity index (χ1) is 12.2. The van der Waals surface area contributed by atoms with E-state index in [2.05, 4.69) is 10.3 Å². The van der Waals surface area contributed by atoms with E-state index in [-0.39, 0.29) is 24.3 Å². The summed E-state index contributed by atoms with van der Waals surface area (Å²) in [6.07, 6.45) is 2.17. The van der Waals surface area contributed by atoms with Crippen molar-refractivity contribution in [2.24, 2.45) is 0 Å². The number of aromatic nitrogens is 2. The Labute approximate surface area is 149 Å². The monoisotopic (exact) mass is 357 g/mol. The molecular weight excluding hydrogens is 338 g/mol. The van der Waals surface area contributed by atoms with E-state index in [1.807, 2.05) is 46.3 Å². The number of nitrogens with one attached hydrogen (secondary N) is 1. The molecule has 0 aliphatic carbocycles. The molecule has 0 bridgehead atoms. The second kappa shape index (κ2) is 7.94. The number of carbonyl (C=O) groups is 2. The third-order valence-electron chi connectivity index (χ3n) is 3.93. The first-order valence-electron chi connectivity index (χ1n) is 7.97. The Kier molecular flexibility index (Phi) is 5.45. The maximum Gasteiger partial charge on any atom is 0.307 e. The number of methoxy groups -OCH3 is 1. The van der Waals surface area contributed by atoms with Crippen molar-refractivity contribution in [2.75, 3.05) is 7.11 Å². The number of aryl methyl sites for hydroxylation is 1. The highest BCUT2D eigenvalue weighted by molar-refractivity contribution is 7.10. The Bertz CT molecular complexity index is 857. The van der Waals surface area contributed by atoms with Gasteiger partial charge in [-0.05, 0) is 23.6 Å². The van der Waals surface area contributed by atoms with Gasteiger partial charge in [0.1, 0.15) is 0 Å². The molecule has 0 fully saturated rings. The number of amides is 1. The number of rotatable bonds is 7.